The van der Waals surface area contributed by atoms with Gasteiger partial charge in [0.1, 0.15) is 0 Å². The lowest BCUT2D eigenvalue weighted by atomic mass is 9.72. The van der Waals surface area contributed by atoms with Crippen molar-refractivity contribution in [2.45, 2.75) is 61.3 Å². The number of hydrogen-bond acceptors (Lipinski definition) is 0. The van der Waals surface area contributed by atoms with E-state index in [-0.39, 0.29) is 0 Å². The molecule has 0 aromatic carbocycles. The Bertz CT molecular complexity index is 115. The lowest BCUT2D eigenvalue weighted by Crippen LogP contribution is -2.23. The van der Waals surface area contributed by atoms with Gasteiger partial charge in [0.2, 0.25) is 0 Å². The van der Waals surface area contributed by atoms with Gasteiger partial charge in [0, 0.05) is 5.92 Å². The Kier molecular flexibility index (Phi) is 4.88. The zero-order valence-electron chi connectivity index (χ0n) is 10.6. The van der Waals surface area contributed by atoms with E-state index in [2.05, 4.69) is 48.5 Å². The third-order valence-corrected chi connectivity index (χ3v) is 2.64. The topological polar surface area (TPSA) is 0 Å². The average Bonchev–Trinajstić information content (AvgIpc) is 1.81. The van der Waals surface area contributed by atoms with Crippen LogP contribution in [-0.2, 0) is 0 Å². The number of hydrogen-bond donors (Lipinski definition) is 0. The molecule has 0 nitrogen and oxygen atoms in total. The minimum Gasteiger partial charge on any atom is -0.0628 e. The van der Waals surface area contributed by atoms with Gasteiger partial charge in [0.25, 0.3) is 0 Å². The molecule has 0 fully saturated rings. The molecule has 0 heteroatoms. The standard InChI is InChI=1S/C13H27/c1-10(2)8-12(9-11(3)4)13(5,6)7/h10,12H,8-9H2,1-7H3/q+1. The summed E-state index contributed by atoms with van der Waals surface area (Å²) >= 11 is 0. The molecule has 0 aromatic heterocycles. The van der Waals surface area contributed by atoms with Gasteiger partial charge < -0.3 is 0 Å². The summed E-state index contributed by atoms with van der Waals surface area (Å²) in [6, 6.07) is 0. The first-order valence-electron chi connectivity index (χ1n) is 5.52. The summed E-state index contributed by atoms with van der Waals surface area (Å²) in [6.07, 6.45) is 2.65. The predicted octanol–water partition coefficient (Wildman–Crippen LogP) is 4.70. The molecular formula is C13H27+. The predicted molar refractivity (Wildman–Crippen MR) is 61.6 cm³/mol. The van der Waals surface area contributed by atoms with Crippen molar-refractivity contribution in [3.8, 4) is 0 Å². The zero-order valence-corrected chi connectivity index (χ0v) is 10.6. The second-order valence-electron chi connectivity index (χ2n) is 6.10. The van der Waals surface area contributed by atoms with Gasteiger partial charge in [-0.15, -0.1) is 0 Å². The van der Waals surface area contributed by atoms with Crippen LogP contribution in [0.15, 0.2) is 0 Å². The van der Waals surface area contributed by atoms with Crippen molar-refractivity contribution in [3.05, 3.63) is 5.92 Å². The lowest BCUT2D eigenvalue weighted by Gasteiger charge is -2.30. The fourth-order valence-corrected chi connectivity index (χ4v) is 1.80. The van der Waals surface area contributed by atoms with E-state index in [0.29, 0.717) is 5.41 Å². The summed E-state index contributed by atoms with van der Waals surface area (Å²) in [4.78, 5) is 0. The van der Waals surface area contributed by atoms with E-state index >= 15 is 0 Å². The molecule has 1 unspecified atom stereocenters. The van der Waals surface area contributed by atoms with Crippen LogP contribution in [0.5, 0.6) is 0 Å². The molecule has 0 aliphatic carbocycles. The van der Waals surface area contributed by atoms with Gasteiger partial charge in [0.15, 0.2) is 0 Å². The third-order valence-electron chi connectivity index (χ3n) is 2.64. The van der Waals surface area contributed by atoms with Crippen LogP contribution in [0.25, 0.3) is 0 Å². The molecule has 1 atom stereocenters. The Morgan fingerprint density at radius 3 is 1.77 bits per heavy atom. The van der Waals surface area contributed by atoms with E-state index in [1.165, 1.54) is 12.8 Å². The van der Waals surface area contributed by atoms with Crippen molar-refractivity contribution in [3.63, 3.8) is 0 Å². The minimum absolute atomic E-state index is 0.460. The largest absolute Gasteiger partial charge is 0.0927 e. The van der Waals surface area contributed by atoms with Crippen molar-refractivity contribution in [1.82, 2.24) is 0 Å². The molecule has 0 radical (unpaired) electrons. The first-order chi connectivity index (χ1) is 5.73. The summed E-state index contributed by atoms with van der Waals surface area (Å²) < 4.78 is 0. The molecule has 0 spiro atoms. The zero-order chi connectivity index (χ0) is 10.6. The van der Waals surface area contributed by atoms with E-state index in [1.54, 1.807) is 5.92 Å². The Balaban J connectivity index is 4.20. The Morgan fingerprint density at radius 2 is 1.54 bits per heavy atom. The lowest BCUT2D eigenvalue weighted by molar-refractivity contribution is 0.196. The third kappa shape index (κ3) is 6.01. The molecule has 0 rings (SSSR count). The van der Waals surface area contributed by atoms with Crippen LogP contribution in [-0.4, -0.2) is 0 Å². The second-order valence-corrected chi connectivity index (χ2v) is 6.10. The van der Waals surface area contributed by atoms with Crippen molar-refractivity contribution in [2.75, 3.05) is 0 Å². The van der Waals surface area contributed by atoms with Crippen molar-refractivity contribution in [2.24, 2.45) is 17.3 Å². The monoisotopic (exact) mass is 183 g/mol. The quantitative estimate of drug-likeness (QED) is 0.554. The Hall–Kier alpha value is -0.130. The van der Waals surface area contributed by atoms with Gasteiger partial charge in [-0.25, -0.2) is 0 Å². The van der Waals surface area contributed by atoms with Gasteiger partial charge >= 0.3 is 0 Å². The molecule has 0 heterocycles. The number of rotatable bonds is 4. The van der Waals surface area contributed by atoms with E-state index in [4.69, 9.17) is 0 Å². The first-order valence-corrected chi connectivity index (χ1v) is 5.52. The summed E-state index contributed by atoms with van der Waals surface area (Å²) in [5.74, 6) is 3.24. The minimum atomic E-state index is 0.460. The van der Waals surface area contributed by atoms with Gasteiger partial charge in [-0.1, -0.05) is 34.6 Å². The van der Waals surface area contributed by atoms with E-state index < -0.39 is 0 Å². The van der Waals surface area contributed by atoms with Crippen LogP contribution in [0.3, 0.4) is 0 Å². The second kappa shape index (κ2) is 4.93. The molecule has 13 heavy (non-hydrogen) atoms. The van der Waals surface area contributed by atoms with Gasteiger partial charge in [-0.3, -0.25) is 0 Å². The van der Waals surface area contributed by atoms with Gasteiger partial charge in [-0.05, 0) is 17.8 Å². The smallest absolute Gasteiger partial charge is 0.0628 e. The molecule has 0 amide bonds. The summed E-state index contributed by atoms with van der Waals surface area (Å²) in [5.41, 5.74) is 0.460. The van der Waals surface area contributed by atoms with E-state index in [9.17, 15) is 0 Å². The van der Waals surface area contributed by atoms with Crippen molar-refractivity contribution in [1.29, 1.82) is 0 Å². The van der Waals surface area contributed by atoms with Crippen LogP contribution in [0, 0.1) is 23.2 Å². The maximum absolute atomic E-state index is 2.36. The molecule has 0 N–H and O–H groups in total. The van der Waals surface area contributed by atoms with Gasteiger partial charge in [-0.2, -0.15) is 0 Å². The molecule has 0 bridgehead atoms. The first kappa shape index (κ1) is 12.9. The normalized spacial score (nSPS) is 14.8. The van der Waals surface area contributed by atoms with Crippen LogP contribution >= 0.6 is 0 Å². The fraction of sp³-hybridized carbons (Fsp3) is 0.923. The Morgan fingerprint density at radius 1 is 1.08 bits per heavy atom. The maximum Gasteiger partial charge on any atom is 0.0927 e. The molecule has 78 valence electrons. The van der Waals surface area contributed by atoms with E-state index in [1.807, 2.05) is 0 Å². The average molecular weight is 183 g/mol. The molecule has 0 saturated carbocycles. The SMILES string of the molecule is C[C+](C)CC(CC(C)C)C(C)(C)C. The summed E-state index contributed by atoms with van der Waals surface area (Å²) in [7, 11) is 0. The van der Waals surface area contributed by atoms with Gasteiger partial charge in [0.05, 0.1) is 26.2 Å². The Labute approximate surface area is 85.1 Å². The van der Waals surface area contributed by atoms with Crippen LogP contribution in [0.1, 0.15) is 61.3 Å². The highest BCUT2D eigenvalue weighted by molar-refractivity contribution is 4.86. The molecular weight excluding hydrogens is 156 g/mol. The highest BCUT2D eigenvalue weighted by Gasteiger charge is 2.29. The summed E-state index contributed by atoms with van der Waals surface area (Å²) in [6.45, 7) is 16.2. The molecule has 0 aromatic rings. The highest BCUT2D eigenvalue weighted by Crippen LogP contribution is 2.36. The van der Waals surface area contributed by atoms with Crippen LogP contribution in [0.4, 0.5) is 0 Å². The van der Waals surface area contributed by atoms with Crippen molar-refractivity contribution >= 4 is 0 Å². The summed E-state index contributed by atoms with van der Waals surface area (Å²) in [5, 5.41) is 0. The molecule has 0 aliphatic heterocycles. The molecule has 0 aliphatic rings. The van der Waals surface area contributed by atoms with E-state index in [0.717, 1.165) is 11.8 Å². The molecule has 0 saturated heterocycles. The fourth-order valence-electron chi connectivity index (χ4n) is 1.80. The van der Waals surface area contributed by atoms with Crippen molar-refractivity contribution < 1.29 is 0 Å². The highest BCUT2D eigenvalue weighted by atomic mass is 14.3. The maximum atomic E-state index is 2.36. The van der Waals surface area contributed by atoms with Crippen LogP contribution in [0.2, 0.25) is 0 Å². The van der Waals surface area contributed by atoms with Crippen LogP contribution < -0.4 is 0 Å².